The van der Waals surface area contributed by atoms with Crippen LogP contribution in [0.25, 0.3) is 0 Å². The van der Waals surface area contributed by atoms with Crippen LogP contribution in [0.1, 0.15) is 48.6 Å². The highest BCUT2D eigenvalue weighted by Crippen LogP contribution is 2.48. The zero-order chi connectivity index (χ0) is 18.2. The Labute approximate surface area is 145 Å². The lowest BCUT2D eigenvalue weighted by molar-refractivity contribution is -0.117. The molecule has 2 aliphatic carbocycles. The van der Waals surface area contributed by atoms with Gasteiger partial charge in [-0.05, 0) is 25.7 Å². The summed E-state index contributed by atoms with van der Waals surface area (Å²) in [5.41, 5.74) is 0.974. The topological polar surface area (TPSA) is 102 Å². The Morgan fingerprint density at radius 3 is 2.88 bits per heavy atom. The molecule has 3 rings (SSSR count). The summed E-state index contributed by atoms with van der Waals surface area (Å²) in [6, 6.07) is 1.97. The largest absolute Gasteiger partial charge is 0.481 e. The molecule has 1 aromatic rings. The summed E-state index contributed by atoms with van der Waals surface area (Å²) >= 11 is 0. The van der Waals surface area contributed by atoms with Crippen molar-refractivity contribution in [2.75, 3.05) is 13.7 Å². The summed E-state index contributed by atoms with van der Waals surface area (Å²) in [5, 5.41) is 9.26. The second kappa shape index (κ2) is 6.28. The van der Waals surface area contributed by atoms with Crippen LogP contribution in [0.15, 0.2) is 11.6 Å². The number of carbonyl (C=O) groups is 2. The number of aromatic nitrogens is 2. The van der Waals surface area contributed by atoms with Crippen LogP contribution in [-0.2, 0) is 21.4 Å². The summed E-state index contributed by atoms with van der Waals surface area (Å²) in [4.78, 5) is 32.9. The Bertz CT molecular complexity index is 824. The number of methoxy groups -OCH3 is 1. The molecule has 25 heavy (non-hydrogen) atoms. The minimum absolute atomic E-state index is 0.0271. The summed E-state index contributed by atoms with van der Waals surface area (Å²) < 4.78 is 10.4. The average molecular weight is 341 g/mol. The standard InChI is InChI=1S/C18H19N3O4/c1-4-25-17(23)15-20-14-12(16(21-15)24-3)6-5-11-7-13(22)10(9-19)8-18(11,14)2/h8,11H,4-7H2,1-3H3. The molecular formula is C18H19N3O4. The lowest BCUT2D eigenvalue weighted by Crippen LogP contribution is -2.41. The zero-order valence-electron chi connectivity index (χ0n) is 14.5. The van der Waals surface area contributed by atoms with Crippen molar-refractivity contribution < 1.29 is 19.1 Å². The third-order valence-corrected chi connectivity index (χ3v) is 5.02. The number of fused-ring (bicyclic) bond motifs is 3. The molecule has 130 valence electrons. The highest BCUT2D eigenvalue weighted by Gasteiger charge is 2.46. The van der Waals surface area contributed by atoms with Gasteiger partial charge < -0.3 is 9.47 Å². The van der Waals surface area contributed by atoms with Crippen molar-refractivity contribution in [3.8, 4) is 11.9 Å². The Balaban J connectivity index is 2.21. The number of hydrogen-bond donors (Lipinski definition) is 0. The number of hydrogen-bond acceptors (Lipinski definition) is 7. The van der Waals surface area contributed by atoms with Gasteiger partial charge in [-0.25, -0.2) is 9.78 Å². The van der Waals surface area contributed by atoms with E-state index in [1.54, 1.807) is 13.0 Å². The lowest BCUT2D eigenvalue weighted by Gasteiger charge is -2.42. The molecule has 1 heterocycles. The van der Waals surface area contributed by atoms with Gasteiger partial charge in [-0.2, -0.15) is 10.2 Å². The van der Waals surface area contributed by atoms with Gasteiger partial charge in [0.05, 0.1) is 25.0 Å². The highest BCUT2D eigenvalue weighted by atomic mass is 16.5. The van der Waals surface area contributed by atoms with Crippen LogP contribution in [0.2, 0.25) is 0 Å². The fraction of sp³-hybridized carbons (Fsp3) is 0.500. The minimum Gasteiger partial charge on any atom is -0.481 e. The van der Waals surface area contributed by atoms with E-state index in [1.165, 1.54) is 7.11 Å². The molecule has 0 aromatic carbocycles. The summed E-state index contributed by atoms with van der Waals surface area (Å²) in [7, 11) is 1.49. The quantitative estimate of drug-likeness (QED) is 0.774. The number of ether oxygens (including phenoxy) is 2. The number of Topliss-reactive ketones (excluding diaryl/α,β-unsaturated/α-hetero) is 1. The van der Waals surface area contributed by atoms with E-state index in [-0.39, 0.29) is 29.7 Å². The van der Waals surface area contributed by atoms with E-state index in [0.29, 0.717) is 24.4 Å². The van der Waals surface area contributed by atoms with Crippen LogP contribution < -0.4 is 4.74 Å². The maximum absolute atomic E-state index is 12.1. The first-order valence-electron chi connectivity index (χ1n) is 8.23. The van der Waals surface area contributed by atoms with Gasteiger partial charge in [0, 0.05) is 17.4 Å². The fourth-order valence-electron chi connectivity index (χ4n) is 3.71. The van der Waals surface area contributed by atoms with Gasteiger partial charge >= 0.3 is 5.97 Å². The molecule has 0 bridgehead atoms. The van der Waals surface area contributed by atoms with Crippen molar-refractivity contribution in [1.29, 1.82) is 5.26 Å². The smallest absolute Gasteiger partial charge is 0.376 e. The van der Waals surface area contributed by atoms with Gasteiger partial charge in [0.15, 0.2) is 5.78 Å². The van der Waals surface area contributed by atoms with E-state index >= 15 is 0 Å². The molecule has 0 N–H and O–H groups in total. The summed E-state index contributed by atoms with van der Waals surface area (Å²) in [6.07, 6.45) is 3.41. The molecule has 0 spiro atoms. The third-order valence-electron chi connectivity index (χ3n) is 5.02. The Morgan fingerprint density at radius 1 is 1.48 bits per heavy atom. The van der Waals surface area contributed by atoms with Crippen molar-refractivity contribution >= 4 is 11.8 Å². The van der Waals surface area contributed by atoms with Gasteiger partial charge in [0.25, 0.3) is 0 Å². The van der Waals surface area contributed by atoms with Crippen LogP contribution in [0.3, 0.4) is 0 Å². The van der Waals surface area contributed by atoms with Gasteiger partial charge in [0.2, 0.25) is 11.7 Å². The van der Waals surface area contributed by atoms with Crippen LogP contribution in [0, 0.1) is 17.2 Å². The first kappa shape index (κ1) is 17.1. The number of nitrogens with zero attached hydrogens (tertiary/aromatic N) is 3. The van der Waals surface area contributed by atoms with Crippen LogP contribution in [0.4, 0.5) is 0 Å². The lowest BCUT2D eigenvalue weighted by atomic mass is 9.61. The second-order valence-corrected chi connectivity index (χ2v) is 6.42. The van der Waals surface area contributed by atoms with Crippen molar-refractivity contribution in [3.05, 3.63) is 28.7 Å². The number of ketones is 1. The van der Waals surface area contributed by atoms with Crippen LogP contribution in [-0.4, -0.2) is 35.4 Å². The molecule has 2 atom stereocenters. The molecule has 7 heteroatoms. The maximum Gasteiger partial charge on any atom is 0.376 e. The third kappa shape index (κ3) is 2.68. The summed E-state index contributed by atoms with van der Waals surface area (Å²) in [5.74, 6) is -0.454. The minimum atomic E-state index is -0.621. The van der Waals surface area contributed by atoms with E-state index in [2.05, 4.69) is 9.97 Å². The van der Waals surface area contributed by atoms with Crippen LogP contribution >= 0.6 is 0 Å². The van der Waals surface area contributed by atoms with E-state index in [1.807, 2.05) is 13.0 Å². The number of esters is 1. The number of allylic oxidation sites excluding steroid dienone is 2. The van der Waals surface area contributed by atoms with Crippen LogP contribution in [0.5, 0.6) is 5.88 Å². The Hall–Kier alpha value is -2.75. The van der Waals surface area contributed by atoms with Crippen molar-refractivity contribution in [1.82, 2.24) is 9.97 Å². The SMILES string of the molecule is CCOC(=O)c1nc(OC)c2c(n1)C1(C)C=C(C#N)C(=O)CC1CC2. The first-order chi connectivity index (χ1) is 11.9. The Morgan fingerprint density at radius 2 is 2.24 bits per heavy atom. The van der Waals surface area contributed by atoms with E-state index in [9.17, 15) is 14.9 Å². The predicted octanol–water partition coefficient (Wildman–Crippen LogP) is 1.90. The van der Waals surface area contributed by atoms with Crippen molar-refractivity contribution in [3.63, 3.8) is 0 Å². The fourth-order valence-corrected chi connectivity index (χ4v) is 3.71. The summed E-state index contributed by atoms with van der Waals surface area (Å²) in [6.45, 7) is 3.87. The predicted molar refractivity (Wildman–Crippen MR) is 87.0 cm³/mol. The molecule has 0 saturated carbocycles. The van der Waals surface area contributed by atoms with Crippen molar-refractivity contribution in [2.45, 2.75) is 38.5 Å². The molecule has 0 amide bonds. The van der Waals surface area contributed by atoms with Gasteiger partial charge in [-0.15, -0.1) is 0 Å². The van der Waals surface area contributed by atoms with Gasteiger partial charge in [0.1, 0.15) is 6.07 Å². The van der Waals surface area contributed by atoms with Gasteiger partial charge in [-0.3, -0.25) is 4.79 Å². The molecule has 2 aliphatic rings. The molecule has 7 nitrogen and oxygen atoms in total. The highest BCUT2D eigenvalue weighted by molar-refractivity contribution is 6.00. The molecule has 0 fully saturated rings. The molecule has 1 aromatic heterocycles. The maximum atomic E-state index is 12.1. The molecule has 0 aliphatic heterocycles. The molecule has 0 radical (unpaired) electrons. The average Bonchev–Trinajstić information content (AvgIpc) is 2.61. The van der Waals surface area contributed by atoms with E-state index in [0.717, 1.165) is 12.0 Å². The number of carbonyl (C=O) groups excluding carboxylic acids is 2. The first-order valence-corrected chi connectivity index (χ1v) is 8.23. The number of rotatable bonds is 3. The normalized spacial score (nSPS) is 24.5. The monoisotopic (exact) mass is 341 g/mol. The van der Waals surface area contributed by atoms with E-state index < -0.39 is 11.4 Å². The van der Waals surface area contributed by atoms with Gasteiger partial charge in [-0.1, -0.05) is 13.0 Å². The molecule has 2 unspecified atom stereocenters. The zero-order valence-corrected chi connectivity index (χ0v) is 14.5. The van der Waals surface area contributed by atoms with Crippen molar-refractivity contribution in [2.24, 2.45) is 5.92 Å². The second-order valence-electron chi connectivity index (χ2n) is 6.42. The number of nitriles is 1. The molecular weight excluding hydrogens is 322 g/mol. The molecule has 0 saturated heterocycles. The van der Waals surface area contributed by atoms with E-state index in [4.69, 9.17) is 9.47 Å². The Kier molecular flexibility index (Phi) is 4.29.